The zero-order valence-corrected chi connectivity index (χ0v) is 22.0. The van der Waals surface area contributed by atoms with E-state index in [0.29, 0.717) is 17.7 Å². The molecule has 2 heterocycles. The highest BCUT2D eigenvalue weighted by molar-refractivity contribution is 6.00. The quantitative estimate of drug-likeness (QED) is 0.324. The summed E-state index contributed by atoms with van der Waals surface area (Å²) in [5.74, 6) is 1.56. The lowest BCUT2D eigenvalue weighted by atomic mass is 9.99. The number of amides is 1. The number of aromatic amines is 1. The smallest absolute Gasteiger partial charge is 0.260 e. The second-order valence-corrected chi connectivity index (χ2v) is 10.1. The van der Waals surface area contributed by atoms with Crippen LogP contribution in [0.3, 0.4) is 0 Å². The molecule has 0 bridgehead atoms. The van der Waals surface area contributed by atoms with Crippen molar-refractivity contribution in [3.8, 4) is 17.1 Å². The van der Waals surface area contributed by atoms with Crippen LogP contribution < -0.4 is 4.74 Å². The first-order chi connectivity index (χ1) is 17.8. The van der Waals surface area contributed by atoms with Gasteiger partial charge in [0.1, 0.15) is 11.6 Å². The lowest BCUT2D eigenvalue weighted by Gasteiger charge is -2.16. The summed E-state index contributed by atoms with van der Waals surface area (Å²) in [5, 5.41) is 0. The second kappa shape index (κ2) is 10.2. The maximum atomic E-state index is 13.0. The molecule has 0 atom stereocenters. The highest BCUT2D eigenvalue weighted by atomic mass is 16.5. The molecule has 0 spiro atoms. The Labute approximate surface area is 217 Å². The topological polar surface area (TPSA) is 75.3 Å². The molecular formula is C31H33N3O3. The number of ketones is 1. The number of rotatable bonds is 7. The van der Waals surface area contributed by atoms with E-state index in [0.717, 1.165) is 65.0 Å². The standard InChI is InChI=1S/C31H33N3O3/c1-19-7-8-23(13-20(19)2)16-28(35)24-9-10-26-27(17-24)33-31(32-26)30-21(3)14-25(15-22(30)4)37-18-29(36)34-11-5-6-12-34/h7-10,13-15,17H,5-6,11-12,16,18H2,1-4H3,(H,32,33). The summed E-state index contributed by atoms with van der Waals surface area (Å²) in [6.07, 6.45) is 2.50. The number of H-pyrrole nitrogens is 1. The number of benzene rings is 3. The maximum Gasteiger partial charge on any atom is 0.260 e. The number of nitrogens with one attached hydrogen (secondary N) is 1. The fourth-order valence-corrected chi connectivity index (χ4v) is 5.09. The number of hydrogen-bond acceptors (Lipinski definition) is 4. The summed E-state index contributed by atoms with van der Waals surface area (Å²) in [4.78, 5) is 35.4. The van der Waals surface area contributed by atoms with E-state index < -0.39 is 0 Å². The van der Waals surface area contributed by atoms with E-state index in [4.69, 9.17) is 9.72 Å². The average Bonchev–Trinajstić information content (AvgIpc) is 3.54. The molecule has 1 fully saturated rings. The van der Waals surface area contributed by atoms with Gasteiger partial charge >= 0.3 is 0 Å². The fourth-order valence-electron chi connectivity index (χ4n) is 5.09. The van der Waals surface area contributed by atoms with Crippen LogP contribution in [0.2, 0.25) is 0 Å². The van der Waals surface area contributed by atoms with Crippen LogP contribution in [0.15, 0.2) is 48.5 Å². The first kappa shape index (κ1) is 24.8. The number of carbonyl (C=O) groups is 2. The van der Waals surface area contributed by atoms with E-state index in [-0.39, 0.29) is 18.3 Å². The predicted octanol–water partition coefficient (Wildman–Crippen LogP) is 5.89. The molecule has 1 saturated heterocycles. The molecule has 1 aliphatic rings. The van der Waals surface area contributed by atoms with Crippen molar-refractivity contribution >= 4 is 22.7 Å². The van der Waals surface area contributed by atoms with Crippen molar-refractivity contribution in [3.05, 3.63) is 81.9 Å². The third-order valence-electron chi connectivity index (χ3n) is 7.30. The molecule has 0 unspecified atom stereocenters. The van der Waals surface area contributed by atoms with Crippen LogP contribution in [0.1, 0.15) is 51.0 Å². The van der Waals surface area contributed by atoms with Crippen LogP contribution in [-0.4, -0.2) is 46.3 Å². The molecule has 0 aliphatic carbocycles. The summed E-state index contributed by atoms with van der Waals surface area (Å²) >= 11 is 0. The Morgan fingerprint density at radius 3 is 2.32 bits per heavy atom. The number of ether oxygens (including phenoxy) is 1. The number of aryl methyl sites for hydroxylation is 4. The zero-order chi connectivity index (χ0) is 26.1. The minimum absolute atomic E-state index is 0.0389. The number of Topliss-reactive ketones (excluding diaryl/α,β-unsaturated/α-hetero) is 1. The third-order valence-corrected chi connectivity index (χ3v) is 7.30. The highest BCUT2D eigenvalue weighted by Gasteiger charge is 2.19. The first-order valence-electron chi connectivity index (χ1n) is 12.9. The third kappa shape index (κ3) is 5.29. The van der Waals surface area contributed by atoms with Crippen LogP contribution in [-0.2, 0) is 11.2 Å². The molecule has 6 heteroatoms. The van der Waals surface area contributed by atoms with Crippen molar-refractivity contribution in [1.29, 1.82) is 0 Å². The number of imidazole rings is 1. The molecular weight excluding hydrogens is 462 g/mol. The van der Waals surface area contributed by atoms with Gasteiger partial charge in [0.15, 0.2) is 12.4 Å². The first-order valence-corrected chi connectivity index (χ1v) is 12.9. The Bertz CT molecular complexity index is 1470. The van der Waals surface area contributed by atoms with E-state index in [1.165, 1.54) is 11.1 Å². The number of aromatic nitrogens is 2. The molecule has 6 nitrogen and oxygen atoms in total. The Kier molecular flexibility index (Phi) is 6.83. The summed E-state index contributed by atoms with van der Waals surface area (Å²) in [6, 6.07) is 15.7. The number of likely N-dealkylation sites (tertiary alicyclic amines) is 1. The van der Waals surface area contributed by atoms with Gasteiger partial charge < -0.3 is 14.6 Å². The maximum absolute atomic E-state index is 13.0. The van der Waals surface area contributed by atoms with E-state index >= 15 is 0 Å². The SMILES string of the molecule is Cc1ccc(CC(=O)c2ccc3nc(-c4c(C)cc(OCC(=O)N5CCCC5)cc4C)[nH]c3c2)cc1C. The van der Waals surface area contributed by atoms with Gasteiger partial charge in [-0.3, -0.25) is 9.59 Å². The number of nitrogens with zero attached hydrogens (tertiary/aromatic N) is 2. The van der Waals surface area contributed by atoms with Gasteiger partial charge in [0.2, 0.25) is 0 Å². The number of hydrogen-bond donors (Lipinski definition) is 1. The van der Waals surface area contributed by atoms with Crippen LogP contribution in [0.5, 0.6) is 5.75 Å². The van der Waals surface area contributed by atoms with Crippen LogP contribution >= 0.6 is 0 Å². The van der Waals surface area contributed by atoms with Crippen LogP contribution in [0.4, 0.5) is 0 Å². The van der Waals surface area contributed by atoms with Crippen molar-refractivity contribution in [2.24, 2.45) is 0 Å². The van der Waals surface area contributed by atoms with Crippen molar-refractivity contribution in [2.75, 3.05) is 19.7 Å². The summed E-state index contributed by atoms with van der Waals surface area (Å²) < 4.78 is 5.84. The van der Waals surface area contributed by atoms with Crippen molar-refractivity contribution in [2.45, 2.75) is 47.0 Å². The summed E-state index contributed by atoms with van der Waals surface area (Å²) in [6.45, 7) is 9.88. The Balaban J connectivity index is 1.34. The van der Waals surface area contributed by atoms with Crippen LogP contribution in [0, 0.1) is 27.7 Å². The Hall–Kier alpha value is -3.93. The molecule has 3 aromatic carbocycles. The molecule has 1 amide bonds. The Morgan fingerprint density at radius 2 is 1.62 bits per heavy atom. The van der Waals surface area contributed by atoms with E-state index in [1.54, 1.807) is 0 Å². The van der Waals surface area contributed by atoms with Crippen molar-refractivity contribution in [1.82, 2.24) is 14.9 Å². The van der Waals surface area contributed by atoms with Gasteiger partial charge in [0, 0.05) is 30.6 Å². The van der Waals surface area contributed by atoms with Gasteiger partial charge in [-0.25, -0.2) is 4.98 Å². The minimum Gasteiger partial charge on any atom is -0.484 e. The number of carbonyl (C=O) groups excluding carboxylic acids is 2. The Morgan fingerprint density at radius 1 is 0.892 bits per heavy atom. The van der Waals surface area contributed by atoms with Gasteiger partial charge in [-0.2, -0.15) is 0 Å². The predicted molar refractivity (Wildman–Crippen MR) is 146 cm³/mol. The molecule has 4 aromatic rings. The highest BCUT2D eigenvalue weighted by Crippen LogP contribution is 2.31. The zero-order valence-electron chi connectivity index (χ0n) is 22.0. The van der Waals surface area contributed by atoms with Gasteiger partial charge in [-0.1, -0.05) is 18.2 Å². The van der Waals surface area contributed by atoms with E-state index in [2.05, 4.69) is 31.0 Å². The molecule has 0 radical (unpaired) electrons. The number of fused-ring (bicyclic) bond motifs is 1. The normalized spacial score (nSPS) is 13.4. The molecule has 37 heavy (non-hydrogen) atoms. The van der Waals surface area contributed by atoms with E-state index in [9.17, 15) is 9.59 Å². The molecule has 0 saturated carbocycles. The van der Waals surface area contributed by atoms with E-state index in [1.807, 2.05) is 55.1 Å². The molecule has 1 aromatic heterocycles. The fraction of sp³-hybridized carbons (Fsp3) is 0.323. The molecule has 5 rings (SSSR count). The van der Waals surface area contributed by atoms with Gasteiger partial charge in [-0.15, -0.1) is 0 Å². The van der Waals surface area contributed by atoms with Crippen molar-refractivity contribution < 1.29 is 14.3 Å². The lowest BCUT2D eigenvalue weighted by molar-refractivity contribution is -0.132. The van der Waals surface area contributed by atoms with Crippen molar-refractivity contribution in [3.63, 3.8) is 0 Å². The van der Waals surface area contributed by atoms with Gasteiger partial charge in [0.25, 0.3) is 5.91 Å². The van der Waals surface area contributed by atoms with Crippen LogP contribution in [0.25, 0.3) is 22.4 Å². The summed E-state index contributed by atoms with van der Waals surface area (Å²) in [5.41, 5.74) is 8.77. The lowest BCUT2D eigenvalue weighted by Crippen LogP contribution is -2.32. The minimum atomic E-state index is 0.0389. The van der Waals surface area contributed by atoms with Gasteiger partial charge in [0.05, 0.1) is 11.0 Å². The average molecular weight is 496 g/mol. The largest absolute Gasteiger partial charge is 0.484 e. The van der Waals surface area contributed by atoms with Gasteiger partial charge in [-0.05, 0) is 98.7 Å². The molecule has 1 N–H and O–H groups in total. The second-order valence-electron chi connectivity index (χ2n) is 10.1. The molecule has 190 valence electrons. The molecule has 1 aliphatic heterocycles. The summed E-state index contributed by atoms with van der Waals surface area (Å²) in [7, 11) is 0. The monoisotopic (exact) mass is 495 g/mol.